The van der Waals surface area contributed by atoms with Gasteiger partial charge in [0.05, 0.1) is 22.5 Å². The van der Waals surface area contributed by atoms with Gasteiger partial charge in [-0.15, -0.1) is 11.6 Å². The number of nitro benzene ring substituents is 1. The van der Waals surface area contributed by atoms with Gasteiger partial charge in [-0.1, -0.05) is 6.07 Å². The van der Waals surface area contributed by atoms with Crippen LogP contribution in [0.1, 0.15) is 10.4 Å². The second-order valence-corrected chi connectivity index (χ2v) is 3.82. The summed E-state index contributed by atoms with van der Waals surface area (Å²) in [6.45, 7) is -0.0192. The SMILES string of the molecule is NC(=O)c1cccc([N+](=O)[O-])c1NCC(O)CCl. The van der Waals surface area contributed by atoms with Gasteiger partial charge in [0.1, 0.15) is 5.69 Å². The Hall–Kier alpha value is -1.86. The van der Waals surface area contributed by atoms with Crippen LogP contribution >= 0.6 is 11.6 Å². The average molecular weight is 274 g/mol. The van der Waals surface area contributed by atoms with Crippen LogP contribution in [0.15, 0.2) is 18.2 Å². The Labute approximate surface area is 108 Å². The van der Waals surface area contributed by atoms with Crippen molar-refractivity contribution in [3.8, 4) is 0 Å². The lowest BCUT2D eigenvalue weighted by Crippen LogP contribution is -2.23. The highest BCUT2D eigenvalue weighted by Crippen LogP contribution is 2.27. The largest absolute Gasteiger partial charge is 0.390 e. The molecule has 0 aliphatic heterocycles. The highest BCUT2D eigenvalue weighted by molar-refractivity contribution is 6.18. The number of nitrogens with two attached hydrogens (primary N) is 1. The monoisotopic (exact) mass is 273 g/mol. The summed E-state index contributed by atoms with van der Waals surface area (Å²) in [6.07, 6.45) is -0.882. The predicted octanol–water partition coefficient (Wildman–Crippen LogP) is 0.705. The molecule has 0 saturated heterocycles. The zero-order valence-corrected chi connectivity index (χ0v) is 10.1. The van der Waals surface area contributed by atoms with Crippen LogP contribution < -0.4 is 11.1 Å². The van der Waals surface area contributed by atoms with Crippen molar-refractivity contribution in [3.63, 3.8) is 0 Å². The molecule has 0 spiro atoms. The number of aliphatic hydroxyl groups is 1. The second-order valence-electron chi connectivity index (χ2n) is 3.51. The van der Waals surface area contributed by atoms with Crippen molar-refractivity contribution in [2.24, 2.45) is 5.73 Å². The van der Waals surface area contributed by atoms with Crippen LogP contribution in [0.5, 0.6) is 0 Å². The molecule has 98 valence electrons. The summed E-state index contributed by atoms with van der Waals surface area (Å²) < 4.78 is 0. The predicted molar refractivity (Wildman–Crippen MR) is 66.8 cm³/mol. The molecule has 0 bridgehead atoms. The van der Waals surface area contributed by atoms with E-state index in [0.29, 0.717) is 0 Å². The first kappa shape index (κ1) is 14.2. The number of alkyl halides is 1. The van der Waals surface area contributed by atoms with Gasteiger partial charge in [-0.3, -0.25) is 14.9 Å². The fraction of sp³-hybridized carbons (Fsp3) is 0.300. The summed E-state index contributed by atoms with van der Waals surface area (Å²) in [5, 5.41) is 22.8. The number of benzene rings is 1. The quantitative estimate of drug-likeness (QED) is 0.401. The number of nitrogens with zero attached hydrogens (tertiary/aromatic N) is 1. The van der Waals surface area contributed by atoms with Crippen molar-refractivity contribution < 1.29 is 14.8 Å². The molecular weight excluding hydrogens is 262 g/mol. The van der Waals surface area contributed by atoms with Gasteiger partial charge in [0.15, 0.2) is 0 Å². The zero-order chi connectivity index (χ0) is 13.7. The van der Waals surface area contributed by atoms with Crippen LogP contribution in [0.3, 0.4) is 0 Å². The topological polar surface area (TPSA) is 118 Å². The van der Waals surface area contributed by atoms with Gasteiger partial charge < -0.3 is 16.2 Å². The molecule has 4 N–H and O–H groups in total. The van der Waals surface area contributed by atoms with E-state index in [-0.39, 0.29) is 29.4 Å². The summed E-state index contributed by atoms with van der Waals surface area (Å²) >= 11 is 5.41. The van der Waals surface area contributed by atoms with E-state index in [1.807, 2.05) is 0 Å². The Kier molecular flexibility index (Phi) is 4.87. The van der Waals surface area contributed by atoms with Gasteiger partial charge in [-0.25, -0.2) is 0 Å². The molecule has 0 aliphatic rings. The standard InChI is InChI=1S/C10H12ClN3O4/c11-4-6(15)5-13-9-7(10(12)16)2-1-3-8(9)14(17)18/h1-3,6,13,15H,4-5H2,(H2,12,16). The summed E-state index contributed by atoms with van der Waals surface area (Å²) in [6, 6.07) is 3.97. The van der Waals surface area contributed by atoms with Crippen LogP contribution in [0.4, 0.5) is 11.4 Å². The molecule has 0 saturated carbocycles. The number of primary amides is 1. The van der Waals surface area contributed by atoms with Gasteiger partial charge in [0.2, 0.25) is 0 Å². The molecule has 0 radical (unpaired) electrons. The first-order valence-corrected chi connectivity index (χ1v) is 5.56. The number of halogens is 1. The van der Waals surface area contributed by atoms with E-state index in [1.165, 1.54) is 18.2 Å². The normalized spacial score (nSPS) is 11.9. The Morgan fingerprint density at radius 2 is 2.28 bits per heavy atom. The van der Waals surface area contributed by atoms with Crippen LogP contribution in [-0.4, -0.2) is 34.5 Å². The van der Waals surface area contributed by atoms with Crippen molar-refractivity contribution in [3.05, 3.63) is 33.9 Å². The van der Waals surface area contributed by atoms with Crippen LogP contribution in [0, 0.1) is 10.1 Å². The van der Waals surface area contributed by atoms with Gasteiger partial charge in [-0.05, 0) is 6.07 Å². The molecule has 0 aliphatic carbocycles. The number of nitro groups is 1. The Morgan fingerprint density at radius 1 is 1.61 bits per heavy atom. The molecule has 1 amide bonds. The molecular formula is C10H12ClN3O4. The fourth-order valence-electron chi connectivity index (χ4n) is 1.36. The van der Waals surface area contributed by atoms with Gasteiger partial charge in [0.25, 0.3) is 11.6 Å². The number of hydrogen-bond acceptors (Lipinski definition) is 5. The number of hydrogen-bond donors (Lipinski definition) is 3. The number of rotatable bonds is 6. The first-order valence-electron chi connectivity index (χ1n) is 5.02. The minimum atomic E-state index is -0.882. The third-order valence-electron chi connectivity index (χ3n) is 2.20. The molecule has 18 heavy (non-hydrogen) atoms. The number of anilines is 1. The molecule has 1 aromatic rings. The third-order valence-corrected chi connectivity index (χ3v) is 2.55. The molecule has 7 nitrogen and oxygen atoms in total. The molecule has 1 atom stereocenters. The maximum absolute atomic E-state index is 11.2. The lowest BCUT2D eigenvalue weighted by molar-refractivity contribution is -0.384. The van der Waals surface area contributed by atoms with Crippen molar-refractivity contribution >= 4 is 28.9 Å². The average Bonchev–Trinajstić information content (AvgIpc) is 2.34. The van der Waals surface area contributed by atoms with Gasteiger partial charge in [0, 0.05) is 12.6 Å². The smallest absolute Gasteiger partial charge is 0.293 e. The van der Waals surface area contributed by atoms with Crippen molar-refractivity contribution in [1.82, 2.24) is 0 Å². The van der Waals surface area contributed by atoms with E-state index in [0.717, 1.165) is 0 Å². The van der Waals surface area contributed by atoms with Crippen molar-refractivity contribution in [1.29, 1.82) is 0 Å². The van der Waals surface area contributed by atoms with Crippen molar-refractivity contribution in [2.45, 2.75) is 6.10 Å². The molecule has 0 heterocycles. The highest BCUT2D eigenvalue weighted by atomic mass is 35.5. The van der Waals surface area contributed by atoms with Gasteiger partial charge >= 0.3 is 0 Å². The third kappa shape index (κ3) is 3.31. The highest BCUT2D eigenvalue weighted by Gasteiger charge is 2.20. The zero-order valence-electron chi connectivity index (χ0n) is 9.30. The molecule has 0 aromatic heterocycles. The summed E-state index contributed by atoms with van der Waals surface area (Å²) in [5.41, 5.74) is 4.83. The lowest BCUT2D eigenvalue weighted by Gasteiger charge is -2.12. The summed E-state index contributed by atoms with van der Waals surface area (Å²) in [4.78, 5) is 21.4. The van der Waals surface area contributed by atoms with E-state index in [2.05, 4.69) is 5.32 Å². The summed E-state index contributed by atoms with van der Waals surface area (Å²) in [7, 11) is 0. The minimum Gasteiger partial charge on any atom is -0.390 e. The summed E-state index contributed by atoms with van der Waals surface area (Å²) in [5.74, 6) is -0.818. The fourth-order valence-corrected chi connectivity index (χ4v) is 1.47. The number of aliphatic hydroxyl groups excluding tert-OH is 1. The van der Waals surface area contributed by atoms with E-state index in [4.69, 9.17) is 17.3 Å². The molecule has 8 heteroatoms. The van der Waals surface area contributed by atoms with Gasteiger partial charge in [-0.2, -0.15) is 0 Å². The molecule has 0 fully saturated rings. The number of carbonyl (C=O) groups is 1. The van der Waals surface area contributed by atoms with E-state index >= 15 is 0 Å². The van der Waals surface area contributed by atoms with Crippen LogP contribution in [-0.2, 0) is 0 Å². The molecule has 1 rings (SSSR count). The van der Waals surface area contributed by atoms with Crippen LogP contribution in [0.2, 0.25) is 0 Å². The number of nitrogens with one attached hydrogen (secondary N) is 1. The maximum Gasteiger partial charge on any atom is 0.293 e. The minimum absolute atomic E-state index is 0.00836. The number of carbonyl (C=O) groups excluding carboxylic acids is 1. The number of para-hydroxylation sites is 1. The van der Waals surface area contributed by atoms with Crippen molar-refractivity contribution in [2.75, 3.05) is 17.7 Å². The van der Waals surface area contributed by atoms with Crippen LogP contribution in [0.25, 0.3) is 0 Å². The van der Waals surface area contributed by atoms with E-state index in [9.17, 15) is 20.0 Å². The second kappa shape index (κ2) is 6.18. The maximum atomic E-state index is 11.2. The first-order chi connectivity index (χ1) is 8.47. The Balaban J connectivity index is 3.11. The Bertz CT molecular complexity index is 434. The molecule has 1 aromatic carbocycles. The van der Waals surface area contributed by atoms with E-state index < -0.39 is 16.9 Å². The Morgan fingerprint density at radius 3 is 2.78 bits per heavy atom. The number of amides is 1. The lowest BCUT2D eigenvalue weighted by atomic mass is 10.1. The molecule has 1 unspecified atom stereocenters. The van der Waals surface area contributed by atoms with E-state index in [1.54, 1.807) is 0 Å².